The molecule has 2 aromatic rings. The maximum absolute atomic E-state index is 13.0. The molecule has 0 radical (unpaired) electrons. The van der Waals surface area contributed by atoms with E-state index in [1.54, 1.807) is 12.1 Å². The van der Waals surface area contributed by atoms with Crippen LogP contribution >= 0.6 is 0 Å². The van der Waals surface area contributed by atoms with Gasteiger partial charge in [-0.1, -0.05) is 24.3 Å². The van der Waals surface area contributed by atoms with E-state index in [1.807, 2.05) is 0 Å². The zero-order valence-electron chi connectivity index (χ0n) is 11.4. The summed E-state index contributed by atoms with van der Waals surface area (Å²) in [6.45, 7) is -0.205. The van der Waals surface area contributed by atoms with Crippen molar-refractivity contribution in [1.82, 2.24) is 0 Å². The Morgan fingerprint density at radius 1 is 1.23 bits per heavy atom. The van der Waals surface area contributed by atoms with E-state index < -0.39 is 16.7 Å². The number of para-hydroxylation sites is 1. The van der Waals surface area contributed by atoms with Crippen molar-refractivity contribution in [3.8, 4) is 0 Å². The smallest absolute Gasteiger partial charge is 0.331 e. The van der Waals surface area contributed by atoms with E-state index in [0.717, 1.165) is 6.08 Å². The van der Waals surface area contributed by atoms with Crippen LogP contribution in [0.3, 0.4) is 0 Å². The molecule has 0 aliphatic carbocycles. The second-order valence-corrected chi connectivity index (χ2v) is 4.38. The van der Waals surface area contributed by atoms with E-state index in [9.17, 15) is 19.3 Å². The van der Waals surface area contributed by atoms with E-state index in [0.29, 0.717) is 11.1 Å². The summed E-state index contributed by atoms with van der Waals surface area (Å²) in [6, 6.07) is 11.7. The number of carbonyl (C=O) groups excluding carboxylic acids is 1. The third-order valence-corrected chi connectivity index (χ3v) is 2.82. The molecule has 0 aliphatic rings. The van der Waals surface area contributed by atoms with Gasteiger partial charge in [0.1, 0.15) is 12.4 Å². The molecule has 22 heavy (non-hydrogen) atoms. The first kappa shape index (κ1) is 15.4. The average Bonchev–Trinajstić information content (AvgIpc) is 2.51. The van der Waals surface area contributed by atoms with Gasteiger partial charge in [-0.25, -0.2) is 9.18 Å². The lowest BCUT2D eigenvalue weighted by Gasteiger charge is -2.03. The fourth-order valence-corrected chi connectivity index (χ4v) is 1.78. The minimum Gasteiger partial charge on any atom is -0.457 e. The first-order chi connectivity index (χ1) is 10.6. The van der Waals surface area contributed by atoms with Gasteiger partial charge in [0.2, 0.25) is 0 Å². The van der Waals surface area contributed by atoms with Crippen molar-refractivity contribution in [3.05, 3.63) is 81.7 Å². The summed E-state index contributed by atoms with van der Waals surface area (Å²) in [6.07, 6.45) is 2.55. The number of benzene rings is 2. The van der Waals surface area contributed by atoms with Gasteiger partial charge in [-0.15, -0.1) is 0 Å². The van der Waals surface area contributed by atoms with Gasteiger partial charge in [-0.2, -0.15) is 0 Å². The molecule has 2 aromatic carbocycles. The second kappa shape index (κ2) is 7.12. The Hall–Kier alpha value is -3.02. The predicted octanol–water partition coefficient (Wildman–Crippen LogP) is 3.49. The lowest BCUT2D eigenvalue weighted by molar-refractivity contribution is -0.385. The maximum Gasteiger partial charge on any atom is 0.331 e. The number of hydrogen-bond acceptors (Lipinski definition) is 4. The summed E-state index contributed by atoms with van der Waals surface area (Å²) in [7, 11) is 0. The molecule has 0 atom stereocenters. The van der Waals surface area contributed by atoms with Crippen LogP contribution in [-0.2, 0) is 16.1 Å². The Bertz CT molecular complexity index is 728. The summed E-state index contributed by atoms with van der Waals surface area (Å²) in [4.78, 5) is 21.9. The fraction of sp³-hybridized carbons (Fsp3) is 0.0625. The number of esters is 1. The Labute approximate surface area is 125 Å². The van der Waals surface area contributed by atoms with Crippen LogP contribution in [0, 0.1) is 15.9 Å². The third-order valence-electron chi connectivity index (χ3n) is 2.82. The molecule has 0 fully saturated rings. The number of halogens is 1. The highest BCUT2D eigenvalue weighted by Crippen LogP contribution is 2.18. The average molecular weight is 301 g/mol. The zero-order chi connectivity index (χ0) is 15.9. The molecule has 0 saturated carbocycles. The molecule has 0 aliphatic heterocycles. The van der Waals surface area contributed by atoms with Gasteiger partial charge in [-0.3, -0.25) is 10.1 Å². The summed E-state index contributed by atoms with van der Waals surface area (Å²) in [5, 5.41) is 10.8. The number of hydrogen-bond donors (Lipinski definition) is 0. The molecule has 112 valence electrons. The molecule has 5 nitrogen and oxygen atoms in total. The molecule has 0 aromatic heterocycles. The summed E-state index contributed by atoms with van der Waals surface area (Å²) in [5.74, 6) is -1.07. The van der Waals surface area contributed by atoms with Crippen molar-refractivity contribution in [1.29, 1.82) is 0 Å². The largest absolute Gasteiger partial charge is 0.457 e. The van der Waals surface area contributed by atoms with Crippen molar-refractivity contribution in [2.75, 3.05) is 0 Å². The highest BCUT2D eigenvalue weighted by Gasteiger charge is 2.13. The molecule has 0 saturated heterocycles. The molecule has 0 bridgehead atoms. The molecule has 0 heterocycles. The van der Waals surface area contributed by atoms with Crippen molar-refractivity contribution < 1.29 is 18.8 Å². The third kappa shape index (κ3) is 4.24. The number of nitro benzene ring substituents is 1. The Balaban J connectivity index is 1.97. The lowest BCUT2D eigenvalue weighted by atomic mass is 10.2. The van der Waals surface area contributed by atoms with Crippen LogP contribution in [0.5, 0.6) is 0 Å². The molecule has 2 rings (SSSR count). The Morgan fingerprint density at radius 2 is 2.00 bits per heavy atom. The van der Waals surface area contributed by atoms with Crippen molar-refractivity contribution in [3.63, 3.8) is 0 Å². The Kier molecular flexibility index (Phi) is 4.98. The highest BCUT2D eigenvalue weighted by atomic mass is 19.1. The SMILES string of the molecule is O=C(/C=C/c1cccc(F)c1)OCc1ccccc1[N+](=O)[O-]. The van der Waals surface area contributed by atoms with Crippen LogP contribution in [-0.4, -0.2) is 10.9 Å². The minimum atomic E-state index is -0.664. The van der Waals surface area contributed by atoms with Gasteiger partial charge in [-0.05, 0) is 29.8 Å². The standard InChI is InChI=1S/C16H12FNO4/c17-14-6-3-4-12(10-14)8-9-16(19)22-11-13-5-1-2-7-15(13)18(20)21/h1-10H,11H2/b9-8+. The van der Waals surface area contributed by atoms with Crippen LogP contribution in [0.2, 0.25) is 0 Å². The molecule has 0 N–H and O–H groups in total. The summed E-state index contributed by atoms with van der Waals surface area (Å²) in [5.41, 5.74) is 0.715. The van der Waals surface area contributed by atoms with E-state index >= 15 is 0 Å². The number of carbonyl (C=O) groups is 1. The van der Waals surface area contributed by atoms with Crippen LogP contribution in [0.25, 0.3) is 6.08 Å². The molecule has 0 amide bonds. The number of ether oxygens (including phenoxy) is 1. The van der Waals surface area contributed by atoms with Gasteiger partial charge < -0.3 is 4.74 Å². The molecule has 0 spiro atoms. The number of nitrogens with zero attached hydrogens (tertiary/aromatic N) is 1. The van der Waals surface area contributed by atoms with Crippen molar-refractivity contribution >= 4 is 17.7 Å². The van der Waals surface area contributed by atoms with Gasteiger partial charge in [0.15, 0.2) is 0 Å². The molecule has 6 heteroatoms. The van der Waals surface area contributed by atoms with Crippen LogP contribution in [0.15, 0.2) is 54.6 Å². The van der Waals surface area contributed by atoms with Gasteiger partial charge >= 0.3 is 5.97 Å². The zero-order valence-corrected chi connectivity index (χ0v) is 11.4. The molecule has 0 unspecified atom stereocenters. The van der Waals surface area contributed by atoms with Crippen molar-refractivity contribution in [2.45, 2.75) is 6.61 Å². The monoisotopic (exact) mass is 301 g/mol. The second-order valence-electron chi connectivity index (χ2n) is 4.38. The van der Waals surface area contributed by atoms with Crippen molar-refractivity contribution in [2.24, 2.45) is 0 Å². The fourth-order valence-electron chi connectivity index (χ4n) is 1.78. The number of nitro groups is 1. The van der Waals surface area contributed by atoms with E-state index in [1.165, 1.54) is 42.5 Å². The van der Waals surface area contributed by atoms with Crippen LogP contribution in [0.1, 0.15) is 11.1 Å². The minimum absolute atomic E-state index is 0.107. The van der Waals surface area contributed by atoms with Gasteiger partial charge in [0.05, 0.1) is 10.5 Å². The van der Waals surface area contributed by atoms with E-state index in [-0.39, 0.29) is 12.3 Å². The normalized spacial score (nSPS) is 10.6. The van der Waals surface area contributed by atoms with Gasteiger partial charge in [0, 0.05) is 12.1 Å². The predicted molar refractivity (Wildman–Crippen MR) is 78.3 cm³/mol. The quantitative estimate of drug-likeness (QED) is 0.367. The van der Waals surface area contributed by atoms with E-state index in [4.69, 9.17) is 4.74 Å². The van der Waals surface area contributed by atoms with E-state index in [2.05, 4.69) is 0 Å². The van der Waals surface area contributed by atoms with Crippen LogP contribution < -0.4 is 0 Å². The molecular formula is C16H12FNO4. The first-order valence-corrected chi connectivity index (χ1v) is 6.39. The summed E-state index contributed by atoms with van der Waals surface area (Å²) >= 11 is 0. The topological polar surface area (TPSA) is 69.4 Å². The molecular weight excluding hydrogens is 289 g/mol. The Morgan fingerprint density at radius 3 is 2.73 bits per heavy atom. The van der Waals surface area contributed by atoms with Gasteiger partial charge in [0.25, 0.3) is 5.69 Å². The van der Waals surface area contributed by atoms with Crippen LogP contribution in [0.4, 0.5) is 10.1 Å². The summed E-state index contributed by atoms with van der Waals surface area (Å²) < 4.78 is 17.9. The lowest BCUT2D eigenvalue weighted by Crippen LogP contribution is -2.03. The highest BCUT2D eigenvalue weighted by molar-refractivity contribution is 5.87. The maximum atomic E-state index is 13.0. The first-order valence-electron chi connectivity index (χ1n) is 6.39. The number of rotatable bonds is 5.